The van der Waals surface area contributed by atoms with Gasteiger partial charge in [-0.2, -0.15) is 0 Å². The Kier molecular flexibility index (Phi) is 13.8. The molecule has 138 valence electrons. The number of phenols is 1. The summed E-state index contributed by atoms with van der Waals surface area (Å²) in [5.41, 5.74) is 6.04. The van der Waals surface area contributed by atoms with Crippen LogP contribution in [0.25, 0.3) is 0 Å². The molecule has 0 aliphatic heterocycles. The fourth-order valence-corrected chi connectivity index (χ4v) is 1.92. The molecule has 0 radical (unpaired) electrons. The Bertz CT molecular complexity index is 456. The Hall–Kier alpha value is -1.88. The van der Waals surface area contributed by atoms with Crippen molar-refractivity contribution in [3.8, 4) is 5.75 Å². The monoisotopic (exact) mass is 338 g/mol. The molecule has 0 fully saturated rings. The smallest absolute Gasteiger partial charge is 0.234 e. The van der Waals surface area contributed by atoms with Gasteiger partial charge in [0.05, 0.1) is 6.04 Å². The highest BCUT2D eigenvalue weighted by molar-refractivity contribution is 5.80. The highest BCUT2D eigenvalue weighted by Gasteiger charge is 2.13. The van der Waals surface area contributed by atoms with Gasteiger partial charge in [-0.05, 0) is 37.6 Å². The van der Waals surface area contributed by atoms with Crippen molar-refractivity contribution in [2.24, 2.45) is 11.1 Å². The van der Waals surface area contributed by atoms with E-state index >= 15 is 0 Å². The van der Waals surface area contributed by atoms with Crippen molar-refractivity contribution in [1.29, 1.82) is 0 Å². The third-order valence-electron chi connectivity index (χ3n) is 3.28. The van der Waals surface area contributed by atoms with Crippen molar-refractivity contribution in [2.45, 2.75) is 59.9 Å². The van der Waals surface area contributed by atoms with Crippen LogP contribution in [-0.4, -0.2) is 30.4 Å². The number of benzene rings is 1. The minimum Gasteiger partial charge on any atom is -0.508 e. The van der Waals surface area contributed by atoms with Crippen LogP contribution in [0.3, 0.4) is 0 Å². The minimum atomic E-state index is -0.374. The van der Waals surface area contributed by atoms with Gasteiger partial charge in [-0.3, -0.25) is 4.79 Å². The summed E-state index contributed by atoms with van der Waals surface area (Å²) < 4.78 is 0. The Morgan fingerprint density at radius 1 is 1.29 bits per heavy atom. The summed E-state index contributed by atoms with van der Waals surface area (Å²) in [6.07, 6.45) is 3.64. The SMILES string of the molecule is CC.CCCC(C)(C)C=O.CNC(Cc1ccc(O)cc1)C(N)=O. The number of hydrogen-bond acceptors (Lipinski definition) is 4. The van der Waals surface area contributed by atoms with E-state index in [2.05, 4.69) is 12.2 Å². The molecule has 4 N–H and O–H groups in total. The van der Waals surface area contributed by atoms with E-state index < -0.39 is 0 Å². The summed E-state index contributed by atoms with van der Waals surface area (Å²) in [5.74, 6) is -0.158. The van der Waals surface area contributed by atoms with E-state index in [4.69, 9.17) is 10.8 Å². The van der Waals surface area contributed by atoms with Gasteiger partial charge in [0, 0.05) is 5.41 Å². The number of likely N-dealkylation sites (N-methyl/N-ethyl adjacent to an activating group) is 1. The Morgan fingerprint density at radius 3 is 2.08 bits per heavy atom. The number of hydrogen-bond donors (Lipinski definition) is 3. The maximum absolute atomic E-state index is 10.9. The van der Waals surface area contributed by atoms with Crippen molar-refractivity contribution in [1.82, 2.24) is 5.32 Å². The standard InChI is InChI=1S/C10H14N2O2.C7H14O.C2H6/c1-12-9(10(11)14)6-7-2-4-8(13)5-3-7;1-4-5-7(2,3)6-8;1-2/h2-5,9,12-13H,6H2,1H3,(H2,11,14);6H,4-5H2,1-3H3;1-2H3. The highest BCUT2D eigenvalue weighted by Crippen LogP contribution is 2.17. The van der Waals surface area contributed by atoms with E-state index in [9.17, 15) is 9.59 Å². The molecule has 24 heavy (non-hydrogen) atoms. The zero-order valence-corrected chi connectivity index (χ0v) is 15.9. The van der Waals surface area contributed by atoms with E-state index in [1.807, 2.05) is 27.7 Å². The van der Waals surface area contributed by atoms with E-state index in [1.165, 1.54) is 0 Å². The molecule has 0 aliphatic carbocycles. The van der Waals surface area contributed by atoms with Crippen molar-refractivity contribution in [3.63, 3.8) is 0 Å². The number of aromatic hydroxyl groups is 1. The first-order chi connectivity index (χ1) is 11.3. The number of amides is 1. The first-order valence-corrected chi connectivity index (χ1v) is 8.46. The van der Waals surface area contributed by atoms with Gasteiger partial charge in [0.1, 0.15) is 12.0 Å². The molecule has 0 saturated carbocycles. The third kappa shape index (κ3) is 11.7. The van der Waals surface area contributed by atoms with Crippen molar-refractivity contribution in [3.05, 3.63) is 29.8 Å². The Balaban J connectivity index is 0. The van der Waals surface area contributed by atoms with Gasteiger partial charge in [0.15, 0.2) is 0 Å². The van der Waals surface area contributed by atoms with Crippen LogP contribution in [0.1, 0.15) is 53.0 Å². The van der Waals surface area contributed by atoms with Crippen molar-refractivity contribution >= 4 is 12.2 Å². The van der Waals surface area contributed by atoms with Crippen LogP contribution in [0.5, 0.6) is 5.75 Å². The number of rotatable bonds is 7. The average molecular weight is 338 g/mol. The first-order valence-electron chi connectivity index (χ1n) is 8.46. The molecular formula is C19H34N2O3. The molecule has 1 aromatic carbocycles. The maximum Gasteiger partial charge on any atom is 0.234 e. The molecule has 0 bridgehead atoms. The van der Waals surface area contributed by atoms with Crippen LogP contribution in [0.2, 0.25) is 0 Å². The predicted molar refractivity (Wildman–Crippen MR) is 100.0 cm³/mol. The van der Waals surface area contributed by atoms with Crippen LogP contribution < -0.4 is 11.1 Å². The van der Waals surface area contributed by atoms with E-state index in [0.29, 0.717) is 6.42 Å². The van der Waals surface area contributed by atoms with Crippen LogP contribution >= 0.6 is 0 Å². The van der Waals surface area contributed by atoms with E-state index in [-0.39, 0.29) is 23.1 Å². The fraction of sp³-hybridized carbons (Fsp3) is 0.579. The highest BCUT2D eigenvalue weighted by atomic mass is 16.3. The number of carbonyl (C=O) groups is 2. The number of primary amides is 1. The molecule has 1 amide bonds. The lowest BCUT2D eigenvalue weighted by Gasteiger charge is -2.13. The molecule has 1 unspecified atom stereocenters. The van der Waals surface area contributed by atoms with Crippen LogP contribution in [0, 0.1) is 5.41 Å². The maximum atomic E-state index is 10.9. The lowest BCUT2D eigenvalue weighted by atomic mass is 9.90. The molecule has 0 aliphatic rings. The van der Waals surface area contributed by atoms with Gasteiger partial charge < -0.3 is 21.0 Å². The summed E-state index contributed by atoms with van der Waals surface area (Å²) in [7, 11) is 1.69. The van der Waals surface area contributed by atoms with E-state index in [0.717, 1.165) is 24.7 Å². The second-order valence-corrected chi connectivity index (χ2v) is 5.97. The molecule has 0 saturated heterocycles. The normalized spacial score (nSPS) is 11.2. The number of nitrogens with one attached hydrogen (secondary N) is 1. The largest absolute Gasteiger partial charge is 0.508 e. The van der Waals surface area contributed by atoms with E-state index in [1.54, 1.807) is 31.3 Å². The molecule has 0 heterocycles. The molecular weight excluding hydrogens is 304 g/mol. The predicted octanol–water partition coefficient (Wildman–Crippen LogP) is 3.05. The lowest BCUT2D eigenvalue weighted by Crippen LogP contribution is -2.40. The number of phenolic OH excluding ortho intramolecular Hbond substituents is 1. The molecule has 1 rings (SSSR count). The lowest BCUT2D eigenvalue weighted by molar-refractivity contribution is -0.119. The van der Waals surface area contributed by atoms with Crippen LogP contribution in [0.15, 0.2) is 24.3 Å². The minimum absolute atomic E-state index is 0.0885. The summed E-state index contributed by atoms with van der Waals surface area (Å²) in [5, 5.41) is 11.9. The Labute approximate surface area is 146 Å². The molecule has 0 spiro atoms. The topological polar surface area (TPSA) is 92.4 Å². The number of aldehydes is 1. The zero-order valence-electron chi connectivity index (χ0n) is 15.9. The number of carbonyl (C=O) groups excluding carboxylic acids is 2. The van der Waals surface area contributed by atoms with Crippen molar-refractivity contribution in [2.75, 3.05) is 7.05 Å². The van der Waals surface area contributed by atoms with Gasteiger partial charge in [-0.15, -0.1) is 0 Å². The molecule has 0 aromatic heterocycles. The fourth-order valence-electron chi connectivity index (χ4n) is 1.92. The third-order valence-corrected chi connectivity index (χ3v) is 3.28. The van der Waals surface area contributed by atoms with Crippen molar-refractivity contribution < 1.29 is 14.7 Å². The Morgan fingerprint density at radius 2 is 1.79 bits per heavy atom. The van der Waals surface area contributed by atoms with Gasteiger partial charge in [0.2, 0.25) is 5.91 Å². The molecule has 1 aromatic rings. The molecule has 5 heteroatoms. The summed E-state index contributed by atoms with van der Waals surface area (Å²) in [4.78, 5) is 21.1. The van der Waals surface area contributed by atoms with Gasteiger partial charge in [-0.25, -0.2) is 0 Å². The van der Waals surface area contributed by atoms with Crippen LogP contribution in [-0.2, 0) is 16.0 Å². The van der Waals surface area contributed by atoms with Gasteiger partial charge in [-0.1, -0.05) is 53.2 Å². The van der Waals surface area contributed by atoms with Crippen LogP contribution in [0.4, 0.5) is 0 Å². The number of nitrogens with two attached hydrogens (primary N) is 1. The molecule has 1 atom stereocenters. The first kappa shape index (κ1) is 24.4. The zero-order chi connectivity index (χ0) is 19.2. The quantitative estimate of drug-likeness (QED) is 0.666. The molecule has 5 nitrogen and oxygen atoms in total. The average Bonchev–Trinajstić information content (AvgIpc) is 2.56. The second kappa shape index (κ2) is 13.5. The summed E-state index contributed by atoms with van der Waals surface area (Å²) in [6, 6.07) is 6.34. The summed E-state index contributed by atoms with van der Waals surface area (Å²) >= 11 is 0. The van der Waals surface area contributed by atoms with Gasteiger partial charge in [0.25, 0.3) is 0 Å². The van der Waals surface area contributed by atoms with Gasteiger partial charge >= 0.3 is 0 Å². The summed E-state index contributed by atoms with van der Waals surface area (Å²) in [6.45, 7) is 10.0. The second-order valence-electron chi connectivity index (χ2n) is 5.97.